The highest BCUT2D eigenvalue weighted by Crippen LogP contribution is 2.33. The standard InChI is InChI=1S/C25H26Cl2N8O3S/c1-28-39(37)12-9-35(10-13-39)8-11-38-21-7-6-20(32-33-21)30-25-29-15-16-14-17(24(36)34(2)23(16)31-25)22-18(26)4-3-5-19(22)27/h3-7,14-15H,8-13H2,1-2H3,(H,29,30,31,32). The molecule has 4 aromatic rings. The van der Waals surface area contributed by atoms with Crippen LogP contribution in [0.3, 0.4) is 0 Å². The number of aromatic nitrogens is 5. The van der Waals surface area contributed by atoms with E-state index >= 15 is 0 Å². The van der Waals surface area contributed by atoms with Crippen LogP contribution in [-0.2, 0) is 16.8 Å². The molecule has 0 amide bonds. The summed E-state index contributed by atoms with van der Waals surface area (Å²) in [7, 11) is 1.23. The van der Waals surface area contributed by atoms with Crippen LogP contribution in [0.5, 0.6) is 5.88 Å². The number of nitrogens with zero attached hydrogens (tertiary/aromatic N) is 7. The van der Waals surface area contributed by atoms with Crippen LogP contribution in [0.2, 0.25) is 10.0 Å². The maximum atomic E-state index is 13.1. The van der Waals surface area contributed by atoms with Gasteiger partial charge < -0.3 is 10.1 Å². The fourth-order valence-electron chi connectivity index (χ4n) is 4.26. The molecule has 0 radical (unpaired) electrons. The van der Waals surface area contributed by atoms with Crippen molar-refractivity contribution in [3.63, 3.8) is 0 Å². The summed E-state index contributed by atoms with van der Waals surface area (Å²) in [5, 5.41) is 12.6. The zero-order valence-corrected chi connectivity index (χ0v) is 23.6. The van der Waals surface area contributed by atoms with E-state index in [9.17, 15) is 9.00 Å². The molecule has 0 aliphatic carbocycles. The Labute approximate surface area is 235 Å². The highest BCUT2D eigenvalue weighted by atomic mass is 35.5. The monoisotopic (exact) mass is 588 g/mol. The molecule has 0 saturated carbocycles. The molecule has 1 fully saturated rings. The first kappa shape index (κ1) is 27.3. The zero-order chi connectivity index (χ0) is 27.6. The number of pyridine rings is 1. The Morgan fingerprint density at radius 1 is 1.13 bits per heavy atom. The van der Waals surface area contributed by atoms with E-state index < -0.39 is 9.73 Å². The minimum Gasteiger partial charge on any atom is -0.475 e. The lowest BCUT2D eigenvalue weighted by atomic mass is 10.1. The lowest BCUT2D eigenvalue weighted by Crippen LogP contribution is -2.42. The van der Waals surface area contributed by atoms with Crippen LogP contribution < -0.4 is 15.6 Å². The second kappa shape index (κ2) is 11.4. The van der Waals surface area contributed by atoms with Crippen LogP contribution >= 0.6 is 23.2 Å². The number of rotatable bonds is 7. The first-order valence-corrected chi connectivity index (χ1v) is 14.7. The molecule has 4 heterocycles. The maximum absolute atomic E-state index is 13.1. The molecule has 0 spiro atoms. The number of anilines is 2. The second-order valence-corrected chi connectivity index (χ2v) is 12.5. The molecule has 1 aliphatic heterocycles. The van der Waals surface area contributed by atoms with E-state index in [-0.39, 0.29) is 11.5 Å². The molecule has 0 atom stereocenters. The first-order valence-electron chi connectivity index (χ1n) is 12.1. The summed E-state index contributed by atoms with van der Waals surface area (Å²) < 4.78 is 23.5. The molecule has 1 saturated heterocycles. The van der Waals surface area contributed by atoms with Gasteiger partial charge in [0.15, 0.2) is 5.82 Å². The molecular formula is C25H26Cl2N8O3S. The summed E-state index contributed by atoms with van der Waals surface area (Å²) in [6.07, 6.45) is 1.61. The van der Waals surface area contributed by atoms with Gasteiger partial charge in [-0.05, 0) is 24.3 Å². The third kappa shape index (κ3) is 5.98. The van der Waals surface area contributed by atoms with Gasteiger partial charge in [0.25, 0.3) is 5.56 Å². The summed E-state index contributed by atoms with van der Waals surface area (Å²) in [5.41, 5.74) is 0.972. The van der Waals surface area contributed by atoms with Crippen molar-refractivity contribution in [2.45, 2.75) is 0 Å². The summed E-state index contributed by atoms with van der Waals surface area (Å²) in [6.45, 7) is 2.62. The first-order chi connectivity index (χ1) is 18.8. The lowest BCUT2D eigenvalue weighted by Gasteiger charge is -2.28. The molecule has 1 aliphatic rings. The largest absolute Gasteiger partial charge is 0.475 e. The summed E-state index contributed by atoms with van der Waals surface area (Å²) in [5.74, 6) is 2.24. The van der Waals surface area contributed by atoms with Crippen molar-refractivity contribution in [2.24, 2.45) is 11.4 Å². The van der Waals surface area contributed by atoms with Crippen LogP contribution in [0, 0.1) is 0 Å². The van der Waals surface area contributed by atoms with Crippen molar-refractivity contribution in [3.8, 4) is 17.0 Å². The van der Waals surface area contributed by atoms with Gasteiger partial charge in [-0.15, -0.1) is 10.2 Å². The summed E-state index contributed by atoms with van der Waals surface area (Å²) in [4.78, 5) is 24.2. The highest BCUT2D eigenvalue weighted by Gasteiger charge is 2.20. The minimum atomic E-state index is -2.03. The number of aryl methyl sites for hydroxylation is 1. The highest BCUT2D eigenvalue weighted by molar-refractivity contribution is 7.93. The molecule has 3 aromatic heterocycles. The number of ether oxygens (including phenoxy) is 1. The molecule has 1 N–H and O–H groups in total. The normalized spacial score (nSPS) is 15.3. The van der Waals surface area contributed by atoms with Gasteiger partial charge in [0, 0.05) is 78.2 Å². The summed E-state index contributed by atoms with van der Waals surface area (Å²) in [6, 6.07) is 10.2. The third-order valence-corrected chi connectivity index (χ3v) is 9.44. The molecule has 0 bridgehead atoms. The Bertz CT molecular complexity index is 1670. The van der Waals surface area contributed by atoms with Crippen LogP contribution in [0.1, 0.15) is 0 Å². The molecule has 39 heavy (non-hydrogen) atoms. The molecule has 204 valence electrons. The predicted octanol–water partition coefficient (Wildman–Crippen LogP) is 3.63. The number of nitrogens with one attached hydrogen (secondary N) is 1. The van der Waals surface area contributed by atoms with E-state index in [4.69, 9.17) is 27.9 Å². The van der Waals surface area contributed by atoms with Crippen LogP contribution in [0.4, 0.5) is 11.8 Å². The van der Waals surface area contributed by atoms with E-state index in [2.05, 4.69) is 34.7 Å². The number of hydrogen-bond acceptors (Lipinski definition) is 10. The average molecular weight is 590 g/mol. The van der Waals surface area contributed by atoms with Gasteiger partial charge in [0.05, 0.1) is 15.6 Å². The lowest BCUT2D eigenvalue weighted by molar-refractivity contribution is 0.214. The van der Waals surface area contributed by atoms with Crippen molar-refractivity contribution in [2.75, 3.05) is 50.1 Å². The molecular weight excluding hydrogens is 563 g/mol. The Kier molecular flexibility index (Phi) is 7.98. The molecule has 0 unspecified atom stereocenters. The molecule has 11 nitrogen and oxygen atoms in total. The van der Waals surface area contributed by atoms with Gasteiger partial charge in [-0.3, -0.25) is 14.3 Å². The zero-order valence-electron chi connectivity index (χ0n) is 21.3. The summed E-state index contributed by atoms with van der Waals surface area (Å²) >= 11 is 12.7. The number of fused-ring (bicyclic) bond motifs is 1. The van der Waals surface area contributed by atoms with Crippen LogP contribution in [0.25, 0.3) is 22.2 Å². The fourth-order valence-corrected chi connectivity index (χ4v) is 6.52. The number of hydrogen-bond donors (Lipinski definition) is 1. The van der Waals surface area contributed by atoms with Crippen LogP contribution in [-0.4, -0.2) is 78.6 Å². The number of halogens is 2. The second-order valence-electron chi connectivity index (χ2n) is 8.93. The van der Waals surface area contributed by atoms with Crippen LogP contribution in [0.15, 0.2) is 51.8 Å². The van der Waals surface area contributed by atoms with Gasteiger partial charge in [0.2, 0.25) is 11.8 Å². The van der Waals surface area contributed by atoms with Gasteiger partial charge in [-0.1, -0.05) is 29.3 Å². The van der Waals surface area contributed by atoms with Gasteiger partial charge in [0.1, 0.15) is 12.3 Å². The van der Waals surface area contributed by atoms with Gasteiger partial charge >= 0.3 is 0 Å². The fraction of sp³-hybridized carbons (Fsp3) is 0.320. The van der Waals surface area contributed by atoms with Crippen molar-refractivity contribution in [3.05, 3.63) is 63.0 Å². The van der Waals surface area contributed by atoms with Crippen molar-refractivity contribution >= 4 is 55.7 Å². The Morgan fingerprint density at radius 2 is 1.87 bits per heavy atom. The topological polar surface area (TPSA) is 127 Å². The Morgan fingerprint density at radius 3 is 2.54 bits per heavy atom. The quantitative estimate of drug-likeness (QED) is 0.344. The smallest absolute Gasteiger partial charge is 0.259 e. The van der Waals surface area contributed by atoms with Gasteiger partial charge in [-0.25, -0.2) is 13.6 Å². The van der Waals surface area contributed by atoms with E-state index in [0.29, 0.717) is 68.6 Å². The third-order valence-electron chi connectivity index (χ3n) is 6.50. The van der Waals surface area contributed by atoms with E-state index in [1.54, 1.807) is 56.7 Å². The number of benzene rings is 1. The molecule has 14 heteroatoms. The van der Waals surface area contributed by atoms with E-state index in [1.165, 1.54) is 4.57 Å². The van der Waals surface area contributed by atoms with Crippen molar-refractivity contribution in [1.82, 2.24) is 29.6 Å². The Balaban J connectivity index is 1.25. The minimum absolute atomic E-state index is 0.254. The van der Waals surface area contributed by atoms with E-state index in [1.807, 2.05) is 0 Å². The van der Waals surface area contributed by atoms with E-state index in [0.717, 1.165) is 13.1 Å². The average Bonchev–Trinajstić information content (AvgIpc) is 2.94. The molecule has 1 aromatic carbocycles. The van der Waals surface area contributed by atoms with Gasteiger partial charge in [-0.2, -0.15) is 4.98 Å². The predicted molar refractivity (Wildman–Crippen MR) is 154 cm³/mol. The molecule has 5 rings (SSSR count). The van der Waals surface area contributed by atoms with Crippen molar-refractivity contribution in [1.29, 1.82) is 0 Å². The SMILES string of the molecule is CN=S1(=O)CCN(CCOc2ccc(Nc3ncc4cc(-c5c(Cl)cccc5Cl)c(=O)n(C)c4n3)nn2)CC1. The maximum Gasteiger partial charge on any atom is 0.259 e. The van der Waals surface area contributed by atoms with Crippen molar-refractivity contribution < 1.29 is 8.95 Å². The Hall–Kier alpha value is -3.32.